The number of hydrogen-bond acceptors (Lipinski definition) is 3. The standard InChI is InChI=1S/C12H14ClN3O/c1-8-3-4-9-10(7-8)15-12(13)16(11(9)17)6-5-14-2/h3-4,7,14H,5-6H2,1-2H3. The molecule has 1 aromatic heterocycles. The molecule has 0 aliphatic rings. The zero-order valence-electron chi connectivity index (χ0n) is 9.83. The van der Waals surface area contributed by atoms with Crippen molar-refractivity contribution in [2.24, 2.45) is 0 Å². The summed E-state index contributed by atoms with van der Waals surface area (Å²) in [4.78, 5) is 16.4. The van der Waals surface area contributed by atoms with E-state index in [0.29, 0.717) is 24.0 Å². The zero-order valence-corrected chi connectivity index (χ0v) is 10.6. The van der Waals surface area contributed by atoms with E-state index < -0.39 is 0 Å². The summed E-state index contributed by atoms with van der Waals surface area (Å²) in [6, 6.07) is 5.57. The van der Waals surface area contributed by atoms with Crippen molar-refractivity contribution < 1.29 is 0 Å². The molecule has 0 atom stereocenters. The quantitative estimate of drug-likeness (QED) is 0.843. The Kier molecular flexibility index (Phi) is 3.45. The van der Waals surface area contributed by atoms with Gasteiger partial charge in [0.1, 0.15) is 0 Å². The molecule has 0 aliphatic carbocycles. The Hall–Kier alpha value is -1.39. The van der Waals surface area contributed by atoms with Gasteiger partial charge in [-0.15, -0.1) is 0 Å². The molecule has 0 amide bonds. The Bertz CT molecular complexity index is 606. The summed E-state index contributed by atoms with van der Waals surface area (Å²) in [7, 11) is 1.83. The molecular formula is C12H14ClN3O. The van der Waals surface area contributed by atoms with Crippen LogP contribution in [0.4, 0.5) is 0 Å². The van der Waals surface area contributed by atoms with Crippen molar-refractivity contribution >= 4 is 22.5 Å². The van der Waals surface area contributed by atoms with Crippen LogP contribution in [-0.2, 0) is 6.54 Å². The smallest absolute Gasteiger partial charge is 0.262 e. The molecule has 2 aromatic rings. The summed E-state index contributed by atoms with van der Waals surface area (Å²) in [6.45, 7) is 3.16. The van der Waals surface area contributed by atoms with E-state index in [1.807, 2.05) is 26.1 Å². The molecular weight excluding hydrogens is 238 g/mol. The number of nitrogens with zero attached hydrogens (tertiary/aromatic N) is 2. The normalized spacial score (nSPS) is 11.0. The number of aryl methyl sites for hydroxylation is 1. The van der Waals surface area contributed by atoms with Crippen molar-refractivity contribution in [3.63, 3.8) is 0 Å². The predicted octanol–water partition coefficient (Wildman–Crippen LogP) is 1.58. The second-order valence-electron chi connectivity index (χ2n) is 3.96. The van der Waals surface area contributed by atoms with Crippen LogP contribution in [0, 0.1) is 6.92 Å². The molecule has 0 radical (unpaired) electrons. The lowest BCUT2D eigenvalue weighted by atomic mass is 10.2. The van der Waals surface area contributed by atoms with Crippen LogP contribution in [0.15, 0.2) is 23.0 Å². The number of rotatable bonds is 3. The van der Waals surface area contributed by atoms with E-state index in [1.165, 1.54) is 4.57 Å². The third-order valence-corrected chi connectivity index (χ3v) is 2.94. The lowest BCUT2D eigenvalue weighted by molar-refractivity contribution is 0.622. The van der Waals surface area contributed by atoms with Crippen molar-refractivity contribution in [3.8, 4) is 0 Å². The highest BCUT2D eigenvalue weighted by atomic mass is 35.5. The van der Waals surface area contributed by atoms with E-state index in [9.17, 15) is 4.79 Å². The van der Waals surface area contributed by atoms with Crippen molar-refractivity contribution in [1.82, 2.24) is 14.9 Å². The third kappa shape index (κ3) is 2.33. The lowest BCUT2D eigenvalue weighted by Gasteiger charge is -2.09. The molecule has 0 saturated heterocycles. The van der Waals surface area contributed by atoms with E-state index in [-0.39, 0.29) is 10.8 Å². The number of benzene rings is 1. The molecule has 4 nitrogen and oxygen atoms in total. The van der Waals surface area contributed by atoms with Gasteiger partial charge in [0.2, 0.25) is 5.28 Å². The largest absolute Gasteiger partial charge is 0.318 e. The fraction of sp³-hybridized carbons (Fsp3) is 0.333. The van der Waals surface area contributed by atoms with E-state index in [0.717, 1.165) is 5.56 Å². The first kappa shape index (κ1) is 12.1. The van der Waals surface area contributed by atoms with Crippen molar-refractivity contribution in [2.45, 2.75) is 13.5 Å². The summed E-state index contributed by atoms with van der Waals surface area (Å²) in [6.07, 6.45) is 0. The van der Waals surface area contributed by atoms with Gasteiger partial charge in [0.25, 0.3) is 5.56 Å². The highest BCUT2D eigenvalue weighted by Gasteiger charge is 2.08. The van der Waals surface area contributed by atoms with Crippen molar-refractivity contribution in [2.75, 3.05) is 13.6 Å². The van der Waals surface area contributed by atoms with Crippen LogP contribution < -0.4 is 10.9 Å². The van der Waals surface area contributed by atoms with Gasteiger partial charge in [0.15, 0.2) is 0 Å². The molecule has 0 aliphatic heterocycles. The summed E-state index contributed by atoms with van der Waals surface area (Å²) in [5, 5.41) is 3.83. The maximum atomic E-state index is 12.2. The van der Waals surface area contributed by atoms with Gasteiger partial charge in [0, 0.05) is 13.1 Å². The molecule has 17 heavy (non-hydrogen) atoms. The number of halogens is 1. The molecule has 1 heterocycles. The van der Waals surface area contributed by atoms with Crippen LogP contribution in [0.3, 0.4) is 0 Å². The van der Waals surface area contributed by atoms with Crippen LogP contribution in [0.1, 0.15) is 5.56 Å². The van der Waals surface area contributed by atoms with E-state index in [4.69, 9.17) is 11.6 Å². The second kappa shape index (κ2) is 4.85. The van der Waals surface area contributed by atoms with E-state index in [1.54, 1.807) is 6.07 Å². The first-order valence-electron chi connectivity index (χ1n) is 5.45. The predicted molar refractivity (Wildman–Crippen MR) is 69.7 cm³/mol. The average Bonchev–Trinajstić information content (AvgIpc) is 2.28. The molecule has 90 valence electrons. The first-order valence-corrected chi connectivity index (χ1v) is 5.82. The van der Waals surface area contributed by atoms with Crippen molar-refractivity contribution in [3.05, 3.63) is 39.4 Å². The van der Waals surface area contributed by atoms with E-state index >= 15 is 0 Å². The lowest BCUT2D eigenvalue weighted by Crippen LogP contribution is -2.27. The Labute approximate surface area is 104 Å². The summed E-state index contributed by atoms with van der Waals surface area (Å²) in [5.74, 6) is 0. The zero-order chi connectivity index (χ0) is 12.4. The maximum Gasteiger partial charge on any atom is 0.262 e. The SMILES string of the molecule is CNCCn1c(Cl)nc2cc(C)ccc2c1=O. The third-order valence-electron chi connectivity index (χ3n) is 2.65. The van der Waals surface area contributed by atoms with Gasteiger partial charge in [-0.25, -0.2) is 4.98 Å². The fourth-order valence-corrected chi connectivity index (χ4v) is 1.97. The second-order valence-corrected chi connectivity index (χ2v) is 4.30. The minimum Gasteiger partial charge on any atom is -0.318 e. The average molecular weight is 252 g/mol. The first-order chi connectivity index (χ1) is 8.13. The fourth-order valence-electron chi connectivity index (χ4n) is 1.72. The van der Waals surface area contributed by atoms with Gasteiger partial charge >= 0.3 is 0 Å². The minimum atomic E-state index is -0.0877. The van der Waals surface area contributed by atoms with Crippen LogP contribution in [0.5, 0.6) is 0 Å². The molecule has 0 unspecified atom stereocenters. The maximum absolute atomic E-state index is 12.2. The Morgan fingerprint density at radius 3 is 2.94 bits per heavy atom. The Morgan fingerprint density at radius 2 is 2.24 bits per heavy atom. The monoisotopic (exact) mass is 251 g/mol. The highest BCUT2D eigenvalue weighted by Crippen LogP contribution is 2.13. The van der Waals surface area contributed by atoms with Crippen LogP contribution in [0.2, 0.25) is 5.28 Å². The molecule has 0 spiro atoms. The van der Waals surface area contributed by atoms with Crippen LogP contribution >= 0.6 is 11.6 Å². The van der Waals surface area contributed by atoms with Gasteiger partial charge in [0.05, 0.1) is 10.9 Å². The van der Waals surface area contributed by atoms with E-state index in [2.05, 4.69) is 10.3 Å². The molecule has 0 saturated carbocycles. The molecule has 0 bridgehead atoms. The summed E-state index contributed by atoms with van der Waals surface area (Å²) in [5.41, 5.74) is 1.63. The molecule has 1 N–H and O–H groups in total. The minimum absolute atomic E-state index is 0.0877. The van der Waals surface area contributed by atoms with Gasteiger partial charge < -0.3 is 5.32 Å². The Balaban J connectivity index is 2.63. The van der Waals surface area contributed by atoms with Gasteiger partial charge in [-0.2, -0.15) is 0 Å². The van der Waals surface area contributed by atoms with Gasteiger partial charge in [-0.05, 0) is 43.3 Å². The molecule has 5 heteroatoms. The highest BCUT2D eigenvalue weighted by molar-refractivity contribution is 6.28. The summed E-state index contributed by atoms with van der Waals surface area (Å²) >= 11 is 6.02. The topological polar surface area (TPSA) is 46.9 Å². The number of fused-ring (bicyclic) bond motifs is 1. The summed E-state index contributed by atoms with van der Waals surface area (Å²) < 4.78 is 1.48. The van der Waals surface area contributed by atoms with Gasteiger partial charge in [-0.3, -0.25) is 9.36 Å². The molecule has 2 rings (SSSR count). The molecule has 0 fully saturated rings. The van der Waals surface area contributed by atoms with Crippen LogP contribution in [0.25, 0.3) is 10.9 Å². The van der Waals surface area contributed by atoms with Gasteiger partial charge in [-0.1, -0.05) is 6.07 Å². The number of likely N-dealkylation sites (N-methyl/N-ethyl adjacent to an activating group) is 1. The van der Waals surface area contributed by atoms with Crippen LogP contribution in [-0.4, -0.2) is 23.1 Å². The number of nitrogens with one attached hydrogen (secondary N) is 1. The number of aromatic nitrogens is 2. The Morgan fingerprint density at radius 1 is 1.47 bits per heavy atom. The molecule has 1 aromatic carbocycles. The van der Waals surface area contributed by atoms with Crippen molar-refractivity contribution in [1.29, 1.82) is 0 Å². The number of hydrogen-bond donors (Lipinski definition) is 1.